The summed E-state index contributed by atoms with van der Waals surface area (Å²) in [5.41, 5.74) is 5.78. The number of rotatable bonds is 3. The average Bonchev–Trinajstić information content (AvgIpc) is 3.04. The van der Waals surface area contributed by atoms with Gasteiger partial charge in [-0.1, -0.05) is 48.0 Å². The maximum Gasteiger partial charge on any atom is 0.282 e. The minimum atomic E-state index is -0.387. The summed E-state index contributed by atoms with van der Waals surface area (Å²) < 4.78 is 13.6. The molecule has 0 unspecified atom stereocenters. The van der Waals surface area contributed by atoms with Gasteiger partial charge in [-0.15, -0.1) is 0 Å². The van der Waals surface area contributed by atoms with Gasteiger partial charge in [0.25, 0.3) is 11.8 Å². The second-order valence-electron chi connectivity index (χ2n) is 8.35. The van der Waals surface area contributed by atoms with Crippen molar-refractivity contribution in [2.45, 2.75) is 26.7 Å². The van der Waals surface area contributed by atoms with Crippen LogP contribution in [0.25, 0.3) is 5.57 Å². The number of benzene rings is 3. The number of para-hydroxylation sites is 1. The highest BCUT2D eigenvalue weighted by Gasteiger charge is 2.44. The summed E-state index contributed by atoms with van der Waals surface area (Å²) in [6.07, 6.45) is 1.80. The van der Waals surface area contributed by atoms with Gasteiger partial charge < -0.3 is 4.90 Å². The molecule has 2 aliphatic heterocycles. The Kier molecular flexibility index (Phi) is 4.89. The van der Waals surface area contributed by atoms with Crippen LogP contribution >= 0.6 is 0 Å². The highest BCUT2D eigenvalue weighted by atomic mass is 19.1. The minimum Gasteiger partial charge on any atom is -0.336 e. The molecule has 2 aliphatic rings. The largest absolute Gasteiger partial charge is 0.336 e. The van der Waals surface area contributed by atoms with Crippen molar-refractivity contribution in [3.63, 3.8) is 0 Å². The quantitative estimate of drug-likeness (QED) is 0.542. The molecule has 0 fully saturated rings. The van der Waals surface area contributed by atoms with Gasteiger partial charge >= 0.3 is 0 Å². The first-order valence-electron chi connectivity index (χ1n) is 10.8. The summed E-state index contributed by atoms with van der Waals surface area (Å²) >= 11 is 0. The lowest BCUT2D eigenvalue weighted by molar-refractivity contribution is -0.120. The Morgan fingerprint density at radius 1 is 0.844 bits per heavy atom. The molecule has 32 heavy (non-hydrogen) atoms. The standard InChI is InChI=1S/C27H23FN2O2/c1-17-9-14-22(18(2)16-17)30-26(31)24(20-10-12-21(28)13-11-20)25(27(30)32)29-15-5-7-19-6-3-4-8-23(19)29/h3-4,6,8-14,16H,5,7,15H2,1-2H3. The molecule has 0 bridgehead atoms. The highest BCUT2D eigenvalue weighted by Crippen LogP contribution is 2.40. The Morgan fingerprint density at radius 2 is 1.59 bits per heavy atom. The lowest BCUT2D eigenvalue weighted by Gasteiger charge is -2.32. The van der Waals surface area contributed by atoms with Crippen molar-refractivity contribution in [3.8, 4) is 0 Å². The Morgan fingerprint density at radius 3 is 2.34 bits per heavy atom. The van der Waals surface area contributed by atoms with Gasteiger partial charge in [-0.05, 0) is 67.6 Å². The molecule has 4 nitrogen and oxygen atoms in total. The van der Waals surface area contributed by atoms with Crippen molar-refractivity contribution in [1.82, 2.24) is 0 Å². The average molecular weight is 426 g/mol. The molecule has 0 aromatic heterocycles. The summed E-state index contributed by atoms with van der Waals surface area (Å²) in [5, 5.41) is 0. The molecule has 3 aromatic carbocycles. The van der Waals surface area contributed by atoms with Crippen LogP contribution in [0.4, 0.5) is 15.8 Å². The lowest BCUT2D eigenvalue weighted by Crippen LogP contribution is -2.37. The second-order valence-corrected chi connectivity index (χ2v) is 8.35. The van der Waals surface area contributed by atoms with E-state index in [4.69, 9.17) is 0 Å². The smallest absolute Gasteiger partial charge is 0.282 e. The zero-order chi connectivity index (χ0) is 22.4. The number of fused-ring (bicyclic) bond motifs is 1. The number of amides is 2. The van der Waals surface area contributed by atoms with E-state index in [-0.39, 0.29) is 17.6 Å². The Labute approximate surface area is 186 Å². The van der Waals surface area contributed by atoms with Crippen molar-refractivity contribution >= 4 is 28.8 Å². The van der Waals surface area contributed by atoms with Crippen molar-refractivity contribution in [3.05, 3.63) is 100 Å². The zero-order valence-corrected chi connectivity index (χ0v) is 18.1. The number of nitrogens with zero attached hydrogens (tertiary/aromatic N) is 2. The third kappa shape index (κ3) is 3.21. The van der Waals surface area contributed by atoms with Gasteiger partial charge in [0, 0.05) is 12.2 Å². The van der Waals surface area contributed by atoms with Crippen molar-refractivity contribution in [1.29, 1.82) is 0 Å². The van der Waals surface area contributed by atoms with E-state index in [1.54, 1.807) is 12.1 Å². The highest BCUT2D eigenvalue weighted by molar-refractivity contribution is 6.46. The van der Waals surface area contributed by atoms with Crippen molar-refractivity contribution in [2.75, 3.05) is 16.3 Å². The molecule has 0 spiro atoms. The van der Waals surface area contributed by atoms with Gasteiger partial charge in [0.05, 0.1) is 11.3 Å². The first-order chi connectivity index (χ1) is 15.5. The van der Waals surface area contributed by atoms with Crippen LogP contribution < -0.4 is 9.80 Å². The lowest BCUT2D eigenvalue weighted by atomic mass is 9.98. The van der Waals surface area contributed by atoms with Gasteiger partial charge in [-0.3, -0.25) is 9.59 Å². The van der Waals surface area contributed by atoms with Crippen LogP contribution in [0.15, 0.2) is 72.4 Å². The van der Waals surface area contributed by atoms with Gasteiger partial charge in [-0.2, -0.15) is 0 Å². The van der Waals surface area contributed by atoms with Crippen molar-refractivity contribution in [2.24, 2.45) is 0 Å². The van der Waals surface area contributed by atoms with Crippen LogP contribution in [0.2, 0.25) is 0 Å². The van der Waals surface area contributed by atoms with Crippen LogP contribution in [-0.4, -0.2) is 18.4 Å². The number of carbonyl (C=O) groups is 2. The number of halogens is 1. The molecule has 2 heterocycles. The molecule has 5 rings (SSSR count). The van der Waals surface area contributed by atoms with Crippen LogP contribution in [0.5, 0.6) is 0 Å². The summed E-state index contributed by atoms with van der Waals surface area (Å²) in [6, 6.07) is 19.4. The summed E-state index contributed by atoms with van der Waals surface area (Å²) in [4.78, 5) is 30.8. The van der Waals surface area contributed by atoms with E-state index in [2.05, 4.69) is 6.07 Å². The number of carbonyl (C=O) groups excluding carboxylic acids is 2. The van der Waals surface area contributed by atoms with E-state index < -0.39 is 0 Å². The molecular formula is C27H23FN2O2. The van der Waals surface area contributed by atoms with Crippen LogP contribution in [0.3, 0.4) is 0 Å². The molecule has 160 valence electrons. The van der Waals surface area contributed by atoms with E-state index in [0.717, 1.165) is 35.2 Å². The number of anilines is 2. The molecule has 0 radical (unpaired) electrons. The zero-order valence-electron chi connectivity index (χ0n) is 18.1. The third-order valence-corrected chi connectivity index (χ3v) is 6.17. The van der Waals surface area contributed by atoms with Crippen LogP contribution in [0, 0.1) is 19.7 Å². The number of aryl methyl sites for hydroxylation is 3. The maximum absolute atomic E-state index is 13.8. The number of hydrogen-bond acceptors (Lipinski definition) is 3. The normalized spacial score (nSPS) is 16.1. The number of hydrogen-bond donors (Lipinski definition) is 0. The summed E-state index contributed by atoms with van der Waals surface area (Å²) in [6.45, 7) is 4.51. The predicted molar refractivity (Wildman–Crippen MR) is 124 cm³/mol. The molecule has 0 aliphatic carbocycles. The Hall–Kier alpha value is -3.73. The van der Waals surface area contributed by atoms with E-state index in [1.807, 2.05) is 55.1 Å². The maximum atomic E-state index is 13.8. The van der Waals surface area contributed by atoms with Crippen LogP contribution in [0.1, 0.15) is 28.7 Å². The van der Waals surface area contributed by atoms with Gasteiger partial charge in [0.2, 0.25) is 0 Å². The van der Waals surface area contributed by atoms with Crippen molar-refractivity contribution < 1.29 is 14.0 Å². The van der Waals surface area contributed by atoms with Gasteiger partial charge in [-0.25, -0.2) is 9.29 Å². The van der Waals surface area contributed by atoms with Gasteiger partial charge in [0.1, 0.15) is 11.5 Å². The monoisotopic (exact) mass is 426 g/mol. The molecule has 3 aromatic rings. The summed E-state index contributed by atoms with van der Waals surface area (Å²) in [5.74, 6) is -1.12. The van der Waals surface area contributed by atoms with E-state index in [9.17, 15) is 14.0 Å². The molecule has 2 amide bonds. The molecule has 0 saturated heterocycles. The SMILES string of the molecule is Cc1ccc(N2C(=O)C(c3ccc(F)cc3)=C(N3CCCc4ccccc43)C2=O)c(C)c1. The fourth-order valence-corrected chi connectivity index (χ4v) is 4.69. The van der Waals surface area contributed by atoms with E-state index >= 15 is 0 Å². The molecule has 0 N–H and O–H groups in total. The number of imide groups is 1. The third-order valence-electron chi connectivity index (χ3n) is 6.17. The first-order valence-corrected chi connectivity index (χ1v) is 10.8. The second kappa shape index (κ2) is 7.75. The predicted octanol–water partition coefficient (Wildman–Crippen LogP) is 5.18. The molecule has 0 atom stereocenters. The Balaban J connectivity index is 1.71. The molecule has 5 heteroatoms. The fourth-order valence-electron chi connectivity index (χ4n) is 4.69. The van der Waals surface area contributed by atoms with Gasteiger partial charge in [0.15, 0.2) is 0 Å². The minimum absolute atomic E-state index is 0.312. The topological polar surface area (TPSA) is 40.6 Å². The molecule has 0 saturated carbocycles. The Bertz CT molecular complexity index is 1280. The van der Waals surface area contributed by atoms with E-state index in [1.165, 1.54) is 17.0 Å². The summed E-state index contributed by atoms with van der Waals surface area (Å²) in [7, 11) is 0. The van der Waals surface area contributed by atoms with Crippen LogP contribution in [-0.2, 0) is 16.0 Å². The molecular weight excluding hydrogens is 403 g/mol. The fraction of sp³-hybridized carbons (Fsp3) is 0.185. The first kappa shape index (κ1) is 20.2. The van der Waals surface area contributed by atoms with E-state index in [0.29, 0.717) is 29.1 Å².